The summed E-state index contributed by atoms with van der Waals surface area (Å²) in [5.74, 6) is 0.877. The second kappa shape index (κ2) is 4.16. The van der Waals surface area contributed by atoms with Crippen molar-refractivity contribution < 1.29 is 0 Å². The molecule has 14 heavy (non-hydrogen) atoms. The molecule has 0 aromatic carbocycles. The third-order valence-electron chi connectivity index (χ3n) is 3.50. The fourth-order valence-corrected chi connectivity index (χ4v) is 2.34. The molecule has 1 aromatic heterocycles. The Morgan fingerprint density at radius 3 is 2.57 bits per heavy atom. The van der Waals surface area contributed by atoms with Gasteiger partial charge in [-0.25, -0.2) is 0 Å². The van der Waals surface area contributed by atoms with Gasteiger partial charge in [-0.2, -0.15) is 5.10 Å². The van der Waals surface area contributed by atoms with Gasteiger partial charge in [0.25, 0.3) is 0 Å². The summed E-state index contributed by atoms with van der Waals surface area (Å²) in [5, 5.41) is 4.43. The molecule has 78 valence electrons. The number of aryl methyl sites for hydroxylation is 1. The van der Waals surface area contributed by atoms with E-state index in [0.29, 0.717) is 0 Å². The van der Waals surface area contributed by atoms with Crippen LogP contribution >= 0.6 is 0 Å². The van der Waals surface area contributed by atoms with Gasteiger partial charge in [0.15, 0.2) is 0 Å². The van der Waals surface area contributed by atoms with Crippen LogP contribution < -0.4 is 0 Å². The largest absolute Gasteiger partial charge is 0.269 e. The van der Waals surface area contributed by atoms with Crippen LogP contribution in [0, 0.1) is 19.8 Å². The first kappa shape index (κ1) is 9.75. The number of nitrogens with zero attached hydrogens (tertiary/aromatic N) is 2. The normalized spacial score (nSPS) is 18.7. The number of aromatic nitrogens is 2. The topological polar surface area (TPSA) is 17.8 Å². The minimum Gasteiger partial charge on any atom is -0.269 e. The molecule has 0 saturated heterocycles. The summed E-state index contributed by atoms with van der Waals surface area (Å²) in [6.07, 6.45) is 9.07. The lowest BCUT2D eigenvalue weighted by molar-refractivity contribution is 0.306. The van der Waals surface area contributed by atoms with Gasteiger partial charge in [0.1, 0.15) is 0 Å². The Morgan fingerprint density at radius 2 is 2.00 bits per heavy atom. The molecule has 2 nitrogen and oxygen atoms in total. The van der Waals surface area contributed by atoms with Gasteiger partial charge in [-0.3, -0.25) is 4.68 Å². The molecule has 0 N–H and O–H groups in total. The van der Waals surface area contributed by atoms with Gasteiger partial charge in [-0.1, -0.05) is 19.3 Å². The number of rotatable bonds is 2. The third kappa shape index (κ3) is 1.99. The molecule has 1 aliphatic rings. The molecule has 0 amide bonds. The highest BCUT2D eigenvalue weighted by molar-refractivity contribution is 5.13. The predicted molar refractivity (Wildman–Crippen MR) is 58.3 cm³/mol. The maximum absolute atomic E-state index is 4.43. The van der Waals surface area contributed by atoms with Crippen LogP contribution in [-0.4, -0.2) is 9.78 Å². The van der Waals surface area contributed by atoms with Gasteiger partial charge in [0.05, 0.1) is 6.20 Å². The zero-order valence-corrected chi connectivity index (χ0v) is 9.29. The van der Waals surface area contributed by atoms with E-state index in [1.54, 1.807) is 0 Å². The molecule has 2 heteroatoms. The minimum atomic E-state index is 0.877. The molecule has 0 bridgehead atoms. The average molecular weight is 192 g/mol. The average Bonchev–Trinajstić information content (AvgIpc) is 2.52. The molecule has 0 atom stereocenters. The van der Waals surface area contributed by atoms with Crippen molar-refractivity contribution in [3.8, 4) is 0 Å². The van der Waals surface area contributed by atoms with Crippen molar-refractivity contribution in [3.05, 3.63) is 17.5 Å². The summed E-state index contributed by atoms with van der Waals surface area (Å²) in [7, 11) is 0. The van der Waals surface area contributed by atoms with E-state index < -0.39 is 0 Å². The minimum absolute atomic E-state index is 0.877. The van der Waals surface area contributed by atoms with Crippen LogP contribution in [0.2, 0.25) is 0 Å². The SMILES string of the molecule is Cc1cnn(CC2CCCCC2)c1C. The van der Waals surface area contributed by atoms with E-state index in [1.165, 1.54) is 43.4 Å². The Morgan fingerprint density at radius 1 is 1.29 bits per heavy atom. The van der Waals surface area contributed by atoms with Crippen molar-refractivity contribution in [1.29, 1.82) is 0 Å². The lowest BCUT2D eigenvalue weighted by atomic mass is 9.89. The van der Waals surface area contributed by atoms with Crippen LogP contribution in [0.15, 0.2) is 6.20 Å². The quantitative estimate of drug-likeness (QED) is 0.704. The van der Waals surface area contributed by atoms with E-state index >= 15 is 0 Å². The molecule has 0 radical (unpaired) electrons. The fraction of sp³-hybridized carbons (Fsp3) is 0.750. The molecule has 1 aliphatic carbocycles. The van der Waals surface area contributed by atoms with Crippen molar-refractivity contribution >= 4 is 0 Å². The van der Waals surface area contributed by atoms with Crippen LogP contribution in [0.1, 0.15) is 43.4 Å². The maximum atomic E-state index is 4.43. The number of hydrogen-bond acceptors (Lipinski definition) is 1. The second-order valence-electron chi connectivity index (χ2n) is 4.60. The Bertz CT molecular complexity index is 295. The van der Waals surface area contributed by atoms with Crippen LogP contribution in [0.25, 0.3) is 0 Å². The van der Waals surface area contributed by atoms with E-state index in [2.05, 4.69) is 23.6 Å². The Hall–Kier alpha value is -0.790. The van der Waals surface area contributed by atoms with Crippen molar-refractivity contribution in [1.82, 2.24) is 9.78 Å². The van der Waals surface area contributed by atoms with Gasteiger partial charge < -0.3 is 0 Å². The summed E-state index contributed by atoms with van der Waals surface area (Å²) in [4.78, 5) is 0. The lowest BCUT2D eigenvalue weighted by Gasteiger charge is -2.21. The Kier molecular flexibility index (Phi) is 2.90. The van der Waals surface area contributed by atoms with Gasteiger partial charge in [0, 0.05) is 12.2 Å². The fourth-order valence-electron chi connectivity index (χ4n) is 2.34. The summed E-state index contributed by atoms with van der Waals surface area (Å²) in [6, 6.07) is 0. The van der Waals surface area contributed by atoms with Gasteiger partial charge in [0.2, 0.25) is 0 Å². The highest BCUT2D eigenvalue weighted by Gasteiger charge is 2.15. The first-order chi connectivity index (χ1) is 6.77. The van der Waals surface area contributed by atoms with Crippen LogP contribution in [0.4, 0.5) is 0 Å². The second-order valence-corrected chi connectivity index (χ2v) is 4.60. The Balaban J connectivity index is 1.99. The molecule has 0 aliphatic heterocycles. The van der Waals surface area contributed by atoms with Crippen LogP contribution in [-0.2, 0) is 6.54 Å². The monoisotopic (exact) mass is 192 g/mol. The summed E-state index contributed by atoms with van der Waals surface area (Å²) in [5.41, 5.74) is 2.66. The Labute approximate surface area is 86.3 Å². The van der Waals surface area contributed by atoms with Gasteiger partial charge in [-0.05, 0) is 38.2 Å². The zero-order valence-electron chi connectivity index (χ0n) is 9.29. The standard InChI is InChI=1S/C12H20N2/c1-10-8-13-14(11(10)2)9-12-6-4-3-5-7-12/h8,12H,3-7,9H2,1-2H3. The molecule has 1 fully saturated rings. The van der Waals surface area contributed by atoms with Crippen LogP contribution in [0.3, 0.4) is 0 Å². The van der Waals surface area contributed by atoms with E-state index in [9.17, 15) is 0 Å². The first-order valence-electron chi connectivity index (χ1n) is 5.76. The molecule has 1 heterocycles. The molecule has 2 rings (SSSR count). The van der Waals surface area contributed by atoms with Gasteiger partial charge in [-0.15, -0.1) is 0 Å². The van der Waals surface area contributed by atoms with Crippen molar-refractivity contribution in [2.24, 2.45) is 5.92 Å². The molecule has 0 spiro atoms. The highest BCUT2D eigenvalue weighted by Crippen LogP contribution is 2.25. The molecule has 1 saturated carbocycles. The van der Waals surface area contributed by atoms with Crippen molar-refractivity contribution in [3.63, 3.8) is 0 Å². The summed E-state index contributed by atoms with van der Waals surface area (Å²) >= 11 is 0. The lowest BCUT2D eigenvalue weighted by Crippen LogP contribution is -2.15. The van der Waals surface area contributed by atoms with E-state index in [-0.39, 0.29) is 0 Å². The summed E-state index contributed by atoms with van der Waals surface area (Å²) in [6.45, 7) is 5.45. The zero-order chi connectivity index (χ0) is 9.97. The van der Waals surface area contributed by atoms with Crippen molar-refractivity contribution in [2.75, 3.05) is 0 Å². The molecule has 1 aromatic rings. The first-order valence-corrected chi connectivity index (χ1v) is 5.76. The molecular formula is C12H20N2. The summed E-state index contributed by atoms with van der Waals surface area (Å²) < 4.78 is 2.19. The van der Waals surface area contributed by atoms with E-state index in [0.717, 1.165) is 12.5 Å². The van der Waals surface area contributed by atoms with Crippen LogP contribution in [0.5, 0.6) is 0 Å². The number of hydrogen-bond donors (Lipinski definition) is 0. The van der Waals surface area contributed by atoms with Gasteiger partial charge >= 0.3 is 0 Å². The van der Waals surface area contributed by atoms with E-state index in [4.69, 9.17) is 0 Å². The van der Waals surface area contributed by atoms with E-state index in [1.807, 2.05) is 6.20 Å². The molecular weight excluding hydrogens is 172 g/mol. The molecule has 0 unspecified atom stereocenters. The third-order valence-corrected chi connectivity index (χ3v) is 3.50. The smallest absolute Gasteiger partial charge is 0.0521 e. The predicted octanol–water partition coefficient (Wildman–Crippen LogP) is 3.08. The maximum Gasteiger partial charge on any atom is 0.0521 e. The van der Waals surface area contributed by atoms with Crippen molar-refractivity contribution in [2.45, 2.75) is 52.5 Å². The highest BCUT2D eigenvalue weighted by atomic mass is 15.3.